The number of hydrogen-bond donors (Lipinski definition) is 2. The number of rotatable bonds is 3. The minimum atomic E-state index is -0.942. The van der Waals surface area contributed by atoms with Gasteiger partial charge < -0.3 is 11.1 Å². The summed E-state index contributed by atoms with van der Waals surface area (Å²) in [6.07, 6.45) is 0. The van der Waals surface area contributed by atoms with Gasteiger partial charge in [0, 0.05) is 18.7 Å². The first-order valence-corrected chi connectivity index (χ1v) is 7.51. The Balaban J connectivity index is 2.55. The molecule has 0 fully saturated rings. The molecule has 3 N–H and O–H groups in total. The molecular weight excluding hydrogens is 296 g/mol. The number of hydrogen-bond acceptors (Lipinski definition) is 4. The number of nitrogens with zero attached hydrogens (tertiary/aromatic N) is 2. The number of nitrogens with two attached hydrogens (primary N) is 1. The van der Waals surface area contributed by atoms with Gasteiger partial charge in [0.1, 0.15) is 6.04 Å². The fraction of sp³-hybridized carbons (Fsp3) is 0.438. The van der Waals surface area contributed by atoms with E-state index in [4.69, 9.17) is 5.73 Å². The molecule has 1 aliphatic rings. The highest BCUT2D eigenvalue weighted by atomic mass is 16.2. The normalized spacial score (nSPS) is 19.5. The van der Waals surface area contributed by atoms with Crippen LogP contribution in [0.3, 0.4) is 0 Å². The molecule has 0 radical (unpaired) electrons. The average Bonchev–Trinajstić information content (AvgIpc) is 2.57. The maximum absolute atomic E-state index is 12.8. The lowest BCUT2D eigenvalue weighted by atomic mass is 9.99. The van der Waals surface area contributed by atoms with Gasteiger partial charge in [-0.3, -0.25) is 19.4 Å². The molecule has 0 saturated heterocycles. The number of fused-ring (bicyclic) bond motifs is 1. The Morgan fingerprint density at radius 1 is 1.22 bits per heavy atom. The van der Waals surface area contributed by atoms with Gasteiger partial charge in [0.05, 0.1) is 6.04 Å². The van der Waals surface area contributed by atoms with Gasteiger partial charge in [-0.1, -0.05) is 18.2 Å². The van der Waals surface area contributed by atoms with Crippen molar-refractivity contribution in [3.63, 3.8) is 0 Å². The predicted molar refractivity (Wildman–Crippen MR) is 85.1 cm³/mol. The molecule has 0 saturated carbocycles. The highest BCUT2D eigenvalue weighted by Gasteiger charge is 2.39. The summed E-state index contributed by atoms with van der Waals surface area (Å²) in [6.45, 7) is 5.19. The SMILES string of the molecule is CC(C)N1C(=O)c2ccccc2[C@H](NC(=O)[C@H](C)N)C(=O)N1C. The van der Waals surface area contributed by atoms with Crippen LogP contribution in [0, 0.1) is 0 Å². The quantitative estimate of drug-likeness (QED) is 0.845. The molecule has 1 aliphatic heterocycles. The van der Waals surface area contributed by atoms with Gasteiger partial charge >= 0.3 is 0 Å². The number of benzene rings is 1. The topological polar surface area (TPSA) is 95.7 Å². The Labute approximate surface area is 135 Å². The highest BCUT2D eigenvalue weighted by Crippen LogP contribution is 2.27. The van der Waals surface area contributed by atoms with Crippen molar-refractivity contribution in [1.29, 1.82) is 0 Å². The van der Waals surface area contributed by atoms with Crippen LogP contribution in [-0.2, 0) is 9.59 Å². The summed E-state index contributed by atoms with van der Waals surface area (Å²) in [5.74, 6) is -1.10. The van der Waals surface area contributed by atoms with Gasteiger partial charge in [-0.05, 0) is 32.4 Å². The molecule has 0 aromatic heterocycles. The first-order chi connectivity index (χ1) is 10.8. The van der Waals surface area contributed by atoms with Crippen molar-refractivity contribution < 1.29 is 14.4 Å². The zero-order chi connectivity index (χ0) is 17.3. The molecule has 1 heterocycles. The van der Waals surface area contributed by atoms with E-state index in [0.717, 1.165) is 0 Å². The minimum absolute atomic E-state index is 0.201. The van der Waals surface area contributed by atoms with E-state index in [1.54, 1.807) is 24.3 Å². The number of likely N-dealkylation sites (N-methyl/N-ethyl adjacent to an activating group) is 1. The molecule has 7 nitrogen and oxygen atoms in total. The van der Waals surface area contributed by atoms with E-state index in [-0.39, 0.29) is 17.9 Å². The molecule has 0 aliphatic carbocycles. The Morgan fingerprint density at radius 3 is 2.39 bits per heavy atom. The number of nitrogens with one attached hydrogen (secondary N) is 1. The van der Waals surface area contributed by atoms with Crippen LogP contribution < -0.4 is 11.1 Å². The lowest BCUT2D eigenvalue weighted by Gasteiger charge is -2.34. The Hall–Kier alpha value is -2.41. The van der Waals surface area contributed by atoms with Gasteiger partial charge in [0.2, 0.25) is 5.91 Å². The van der Waals surface area contributed by atoms with Crippen molar-refractivity contribution in [1.82, 2.24) is 15.3 Å². The van der Waals surface area contributed by atoms with Gasteiger partial charge in [-0.2, -0.15) is 0 Å². The zero-order valence-electron chi connectivity index (χ0n) is 13.7. The third-order valence-electron chi connectivity index (χ3n) is 3.79. The molecule has 1 aromatic carbocycles. The predicted octanol–water partition coefficient (Wildman–Crippen LogP) is 0.429. The van der Waals surface area contributed by atoms with E-state index in [1.807, 2.05) is 13.8 Å². The smallest absolute Gasteiger partial charge is 0.273 e. The summed E-state index contributed by atoms with van der Waals surface area (Å²) in [7, 11) is 1.52. The van der Waals surface area contributed by atoms with Gasteiger partial charge in [-0.15, -0.1) is 0 Å². The Morgan fingerprint density at radius 2 is 1.83 bits per heavy atom. The second kappa shape index (κ2) is 6.37. The summed E-state index contributed by atoms with van der Waals surface area (Å²) in [4.78, 5) is 37.6. The fourth-order valence-corrected chi connectivity index (χ4v) is 2.62. The molecule has 0 unspecified atom stereocenters. The molecular formula is C16H22N4O3. The molecule has 124 valence electrons. The summed E-state index contributed by atoms with van der Waals surface area (Å²) in [5.41, 5.74) is 6.46. The summed E-state index contributed by atoms with van der Waals surface area (Å²) < 4.78 is 0. The maximum Gasteiger partial charge on any atom is 0.273 e. The van der Waals surface area contributed by atoms with Crippen LogP contribution in [-0.4, -0.2) is 46.9 Å². The van der Waals surface area contributed by atoms with Crippen molar-refractivity contribution >= 4 is 17.7 Å². The standard InChI is InChI=1S/C16H22N4O3/c1-9(2)20-15(22)12-8-6-5-7-11(12)13(16(23)19(20)4)18-14(21)10(3)17/h5-10,13H,17H2,1-4H3,(H,18,21)/t10-,13-/m0/s1. The lowest BCUT2D eigenvalue weighted by molar-refractivity contribution is -0.147. The van der Waals surface area contributed by atoms with E-state index < -0.39 is 18.0 Å². The third kappa shape index (κ3) is 3.05. The van der Waals surface area contributed by atoms with Crippen LogP contribution in [0.4, 0.5) is 0 Å². The van der Waals surface area contributed by atoms with E-state index in [1.165, 1.54) is 24.0 Å². The molecule has 2 rings (SSSR count). The minimum Gasteiger partial charge on any atom is -0.339 e. The Kier molecular flexibility index (Phi) is 4.70. The molecule has 2 atom stereocenters. The second-order valence-electron chi connectivity index (χ2n) is 5.92. The third-order valence-corrected chi connectivity index (χ3v) is 3.79. The first-order valence-electron chi connectivity index (χ1n) is 7.51. The molecule has 3 amide bonds. The number of carbonyl (C=O) groups is 3. The number of amides is 3. The number of hydrazine groups is 1. The molecule has 0 spiro atoms. The summed E-state index contributed by atoms with van der Waals surface area (Å²) in [5, 5.41) is 5.29. The largest absolute Gasteiger partial charge is 0.339 e. The molecule has 23 heavy (non-hydrogen) atoms. The van der Waals surface area contributed by atoms with Crippen LogP contribution in [0.2, 0.25) is 0 Å². The van der Waals surface area contributed by atoms with Crippen LogP contribution in [0.15, 0.2) is 24.3 Å². The fourth-order valence-electron chi connectivity index (χ4n) is 2.62. The maximum atomic E-state index is 12.8. The van der Waals surface area contributed by atoms with E-state index in [9.17, 15) is 14.4 Å². The average molecular weight is 318 g/mol. The van der Waals surface area contributed by atoms with Gasteiger partial charge in [0.15, 0.2) is 0 Å². The number of carbonyl (C=O) groups excluding carboxylic acids is 3. The molecule has 0 bridgehead atoms. The van der Waals surface area contributed by atoms with E-state index in [0.29, 0.717) is 11.1 Å². The first kappa shape index (κ1) is 17.0. The summed E-state index contributed by atoms with van der Waals surface area (Å²) >= 11 is 0. The van der Waals surface area contributed by atoms with Crippen LogP contribution in [0.25, 0.3) is 0 Å². The highest BCUT2D eigenvalue weighted by molar-refractivity contribution is 6.02. The van der Waals surface area contributed by atoms with Crippen molar-refractivity contribution in [3.8, 4) is 0 Å². The van der Waals surface area contributed by atoms with Gasteiger partial charge in [-0.25, -0.2) is 5.01 Å². The second-order valence-corrected chi connectivity index (χ2v) is 5.92. The van der Waals surface area contributed by atoms with Crippen molar-refractivity contribution in [2.45, 2.75) is 38.9 Å². The van der Waals surface area contributed by atoms with Crippen LogP contribution in [0.1, 0.15) is 42.7 Å². The Bertz CT molecular complexity index is 642. The zero-order valence-corrected chi connectivity index (χ0v) is 13.7. The van der Waals surface area contributed by atoms with Crippen molar-refractivity contribution in [2.24, 2.45) is 5.73 Å². The van der Waals surface area contributed by atoms with Crippen LogP contribution in [0.5, 0.6) is 0 Å². The molecule has 7 heteroatoms. The van der Waals surface area contributed by atoms with Crippen molar-refractivity contribution in [3.05, 3.63) is 35.4 Å². The van der Waals surface area contributed by atoms with E-state index in [2.05, 4.69) is 5.32 Å². The van der Waals surface area contributed by atoms with Gasteiger partial charge in [0.25, 0.3) is 11.8 Å². The van der Waals surface area contributed by atoms with Crippen LogP contribution >= 0.6 is 0 Å². The van der Waals surface area contributed by atoms with E-state index >= 15 is 0 Å². The summed E-state index contributed by atoms with van der Waals surface area (Å²) in [6, 6.07) is 4.90. The van der Waals surface area contributed by atoms with Crippen molar-refractivity contribution in [2.75, 3.05) is 7.05 Å². The molecule has 1 aromatic rings. The monoisotopic (exact) mass is 318 g/mol. The lowest BCUT2D eigenvalue weighted by Crippen LogP contribution is -2.52.